The first-order chi connectivity index (χ1) is 8.96. The number of aliphatic hydroxyl groups is 1. The molecule has 0 aliphatic carbocycles. The number of rotatable bonds is 5. The number of aliphatic hydroxyl groups excluding tert-OH is 1. The minimum Gasteiger partial charge on any atom is -0.390 e. The van der Waals surface area contributed by atoms with Crippen LogP contribution in [-0.4, -0.2) is 35.5 Å². The summed E-state index contributed by atoms with van der Waals surface area (Å²) in [5.74, 6) is -0.666. The summed E-state index contributed by atoms with van der Waals surface area (Å²) in [6, 6.07) is 9.52. The quantitative estimate of drug-likeness (QED) is 0.879. The van der Waals surface area contributed by atoms with E-state index in [-0.39, 0.29) is 12.2 Å². The Balaban J connectivity index is 1.82. The van der Waals surface area contributed by atoms with E-state index in [0.29, 0.717) is 13.0 Å². The van der Waals surface area contributed by atoms with Crippen LogP contribution in [0, 0.1) is 0 Å². The molecule has 2 rings (SSSR count). The fourth-order valence-electron chi connectivity index (χ4n) is 2.17. The highest BCUT2D eigenvalue weighted by atomic mass is 16.7. The molecule has 1 aromatic rings. The van der Waals surface area contributed by atoms with Crippen molar-refractivity contribution in [3.05, 3.63) is 35.9 Å². The van der Waals surface area contributed by atoms with E-state index in [2.05, 4.69) is 0 Å². The molecule has 0 bridgehead atoms. The third kappa shape index (κ3) is 4.13. The lowest BCUT2D eigenvalue weighted by Crippen LogP contribution is -2.32. The van der Waals surface area contributed by atoms with Crippen molar-refractivity contribution in [3.8, 4) is 0 Å². The molecule has 0 radical (unpaired) electrons. The van der Waals surface area contributed by atoms with Crippen molar-refractivity contribution in [2.75, 3.05) is 6.61 Å². The summed E-state index contributed by atoms with van der Waals surface area (Å²) in [6.07, 6.45) is -0.791. The van der Waals surface area contributed by atoms with Crippen molar-refractivity contribution in [2.45, 2.75) is 44.7 Å². The average Bonchev–Trinajstić information content (AvgIpc) is 2.71. The van der Waals surface area contributed by atoms with E-state index >= 15 is 0 Å². The second-order valence-electron chi connectivity index (χ2n) is 5.34. The highest BCUT2D eigenvalue weighted by Crippen LogP contribution is 2.25. The molecule has 0 unspecified atom stereocenters. The zero-order valence-corrected chi connectivity index (χ0v) is 11.3. The summed E-state index contributed by atoms with van der Waals surface area (Å²) in [7, 11) is 0. The van der Waals surface area contributed by atoms with Gasteiger partial charge in [0, 0.05) is 12.8 Å². The van der Waals surface area contributed by atoms with Crippen LogP contribution < -0.4 is 0 Å². The molecular weight excluding hydrogens is 244 g/mol. The molecule has 0 aromatic heterocycles. The molecule has 1 fully saturated rings. The molecule has 104 valence electrons. The van der Waals surface area contributed by atoms with Crippen LogP contribution in [0.4, 0.5) is 0 Å². The first-order valence-corrected chi connectivity index (χ1v) is 6.52. The molecule has 1 N–H and O–H groups in total. The van der Waals surface area contributed by atoms with Gasteiger partial charge in [-0.05, 0) is 19.4 Å². The monoisotopic (exact) mass is 264 g/mol. The highest BCUT2D eigenvalue weighted by molar-refractivity contribution is 5.81. The number of hydrogen-bond donors (Lipinski definition) is 1. The molecule has 19 heavy (non-hydrogen) atoms. The van der Waals surface area contributed by atoms with Crippen LogP contribution in [0.1, 0.15) is 25.8 Å². The van der Waals surface area contributed by atoms with Crippen molar-refractivity contribution in [1.82, 2.24) is 0 Å². The van der Waals surface area contributed by atoms with Gasteiger partial charge in [0.25, 0.3) is 0 Å². The summed E-state index contributed by atoms with van der Waals surface area (Å²) in [6.45, 7) is 3.92. The van der Waals surface area contributed by atoms with Gasteiger partial charge in [-0.3, -0.25) is 4.79 Å². The Labute approximate surface area is 113 Å². The number of ketones is 1. The van der Waals surface area contributed by atoms with E-state index in [1.165, 1.54) is 0 Å². The van der Waals surface area contributed by atoms with Crippen molar-refractivity contribution in [3.63, 3.8) is 0 Å². The van der Waals surface area contributed by atoms with E-state index in [4.69, 9.17) is 9.47 Å². The smallest absolute Gasteiger partial charge is 0.163 e. The van der Waals surface area contributed by atoms with Crippen LogP contribution in [0.3, 0.4) is 0 Å². The predicted octanol–water partition coefficient (Wildman–Crippen LogP) is 1.70. The molecule has 1 aliphatic rings. The second-order valence-corrected chi connectivity index (χ2v) is 5.34. The predicted molar refractivity (Wildman–Crippen MR) is 70.7 cm³/mol. The van der Waals surface area contributed by atoms with Gasteiger partial charge in [-0.25, -0.2) is 0 Å². The number of benzene rings is 1. The Morgan fingerprint density at radius 1 is 1.42 bits per heavy atom. The molecule has 4 nitrogen and oxygen atoms in total. The van der Waals surface area contributed by atoms with Crippen LogP contribution in [0.5, 0.6) is 0 Å². The third-order valence-electron chi connectivity index (χ3n) is 3.14. The standard InChI is InChI=1S/C15H20O4/c1-15(2)18-10-14(19-15)13(17)9-12(16)8-11-6-4-3-5-7-11/h3-7,13-14,17H,8-10H2,1-2H3/t13-,14+/m0/s1. The van der Waals surface area contributed by atoms with Gasteiger partial charge in [0.05, 0.1) is 12.7 Å². The topological polar surface area (TPSA) is 55.8 Å². The van der Waals surface area contributed by atoms with Crippen LogP contribution in [0.2, 0.25) is 0 Å². The van der Waals surface area contributed by atoms with Crippen molar-refractivity contribution >= 4 is 5.78 Å². The summed E-state index contributed by atoms with van der Waals surface area (Å²) >= 11 is 0. The Bertz CT molecular complexity index is 427. The Morgan fingerprint density at radius 2 is 2.11 bits per heavy atom. The molecule has 1 aromatic carbocycles. The third-order valence-corrected chi connectivity index (χ3v) is 3.14. The summed E-state index contributed by atoms with van der Waals surface area (Å²) in [5.41, 5.74) is 0.962. The maximum atomic E-state index is 11.9. The van der Waals surface area contributed by atoms with E-state index in [1.54, 1.807) is 13.8 Å². The lowest BCUT2D eigenvalue weighted by molar-refractivity contribution is -0.153. The normalized spacial score (nSPS) is 23.2. The SMILES string of the molecule is CC1(C)OC[C@H]([C@@H](O)CC(=O)Cc2ccccc2)O1. The molecular formula is C15H20O4. The van der Waals surface area contributed by atoms with Crippen molar-refractivity contribution in [1.29, 1.82) is 0 Å². The Kier molecular flexibility index (Phi) is 4.34. The molecule has 0 spiro atoms. The second kappa shape index (κ2) is 5.82. The first-order valence-electron chi connectivity index (χ1n) is 6.52. The number of Topliss-reactive ketones (excluding diaryl/α,β-unsaturated/α-hetero) is 1. The average molecular weight is 264 g/mol. The fourth-order valence-corrected chi connectivity index (χ4v) is 2.17. The fraction of sp³-hybridized carbons (Fsp3) is 0.533. The first kappa shape index (κ1) is 14.2. The Morgan fingerprint density at radius 3 is 2.68 bits per heavy atom. The molecule has 1 saturated heterocycles. The molecule has 1 heterocycles. The minimum atomic E-state index is -0.807. The van der Waals surface area contributed by atoms with E-state index < -0.39 is 18.0 Å². The minimum absolute atomic E-state index is 0.00649. The molecule has 0 amide bonds. The highest BCUT2D eigenvalue weighted by Gasteiger charge is 2.37. The summed E-state index contributed by atoms with van der Waals surface area (Å²) < 4.78 is 10.9. The van der Waals surface area contributed by atoms with Crippen molar-refractivity contribution < 1.29 is 19.4 Å². The van der Waals surface area contributed by atoms with Gasteiger partial charge in [0.2, 0.25) is 0 Å². The van der Waals surface area contributed by atoms with E-state index in [1.807, 2.05) is 30.3 Å². The van der Waals surface area contributed by atoms with E-state index in [0.717, 1.165) is 5.56 Å². The number of ether oxygens (including phenoxy) is 2. The van der Waals surface area contributed by atoms with Gasteiger partial charge in [-0.15, -0.1) is 0 Å². The van der Waals surface area contributed by atoms with Gasteiger partial charge in [0.1, 0.15) is 11.9 Å². The number of carbonyl (C=O) groups is 1. The van der Waals surface area contributed by atoms with Gasteiger partial charge >= 0.3 is 0 Å². The number of hydrogen-bond acceptors (Lipinski definition) is 4. The van der Waals surface area contributed by atoms with Gasteiger partial charge < -0.3 is 14.6 Å². The summed E-state index contributed by atoms with van der Waals surface area (Å²) in [4.78, 5) is 11.9. The maximum Gasteiger partial charge on any atom is 0.163 e. The van der Waals surface area contributed by atoms with Crippen LogP contribution in [0.15, 0.2) is 30.3 Å². The van der Waals surface area contributed by atoms with Gasteiger partial charge in [-0.2, -0.15) is 0 Å². The summed E-state index contributed by atoms with van der Waals surface area (Å²) in [5, 5.41) is 10.0. The van der Waals surface area contributed by atoms with Crippen molar-refractivity contribution in [2.24, 2.45) is 0 Å². The zero-order chi connectivity index (χ0) is 13.9. The number of carbonyl (C=O) groups excluding carboxylic acids is 1. The zero-order valence-electron chi connectivity index (χ0n) is 11.3. The maximum absolute atomic E-state index is 11.9. The molecule has 4 heteroatoms. The molecule has 2 atom stereocenters. The lowest BCUT2D eigenvalue weighted by Gasteiger charge is -2.20. The largest absolute Gasteiger partial charge is 0.390 e. The lowest BCUT2D eigenvalue weighted by atomic mass is 10.0. The van der Waals surface area contributed by atoms with Crippen LogP contribution >= 0.6 is 0 Å². The molecule has 1 aliphatic heterocycles. The van der Waals surface area contributed by atoms with Gasteiger partial charge in [-0.1, -0.05) is 30.3 Å². The molecule has 0 saturated carbocycles. The van der Waals surface area contributed by atoms with Crippen LogP contribution in [-0.2, 0) is 20.7 Å². The van der Waals surface area contributed by atoms with E-state index in [9.17, 15) is 9.90 Å². The van der Waals surface area contributed by atoms with Gasteiger partial charge in [0.15, 0.2) is 5.79 Å². The Hall–Kier alpha value is -1.23. The van der Waals surface area contributed by atoms with Crippen LogP contribution in [0.25, 0.3) is 0 Å².